The molecule has 16 unspecified atom stereocenters. The summed E-state index contributed by atoms with van der Waals surface area (Å²) in [6.07, 6.45) is 11.2. The van der Waals surface area contributed by atoms with Gasteiger partial charge in [0, 0.05) is 78.6 Å². The van der Waals surface area contributed by atoms with E-state index in [1.54, 1.807) is 0 Å². The minimum absolute atomic E-state index is 0.139. The molecule has 0 bridgehead atoms. The van der Waals surface area contributed by atoms with Gasteiger partial charge in [0.25, 0.3) is 0 Å². The van der Waals surface area contributed by atoms with Crippen molar-refractivity contribution in [1.82, 2.24) is 0 Å². The van der Waals surface area contributed by atoms with E-state index in [9.17, 15) is 0 Å². The van der Waals surface area contributed by atoms with Crippen molar-refractivity contribution in [2.75, 3.05) is 106 Å². The van der Waals surface area contributed by atoms with Gasteiger partial charge >= 0.3 is 0 Å². The maximum Gasteiger partial charge on any atom is 0.187 e. The van der Waals surface area contributed by atoms with E-state index in [-0.39, 0.29) is 24.7 Å². The molecule has 3 rings (SSSR count). The van der Waals surface area contributed by atoms with Gasteiger partial charge in [0.1, 0.15) is 48.8 Å². The number of hydrogen-bond donors (Lipinski definition) is 0. The van der Waals surface area contributed by atoms with E-state index in [4.69, 9.17) is 80.5 Å². The lowest BCUT2D eigenvalue weighted by atomic mass is 9.90. The second kappa shape index (κ2) is 49.2. The molecule has 0 spiro atoms. The molecule has 3 fully saturated rings. The molecule has 16 atom stereocenters. The van der Waals surface area contributed by atoms with Crippen LogP contribution in [0.1, 0.15) is 218 Å². The maximum absolute atomic E-state index is 7.54. The molecular formula is C65H126O17. The van der Waals surface area contributed by atoms with Crippen LogP contribution >= 0.6 is 0 Å². The van der Waals surface area contributed by atoms with Gasteiger partial charge in [0.2, 0.25) is 0 Å². The van der Waals surface area contributed by atoms with Crippen molar-refractivity contribution in [2.45, 2.75) is 310 Å². The van der Waals surface area contributed by atoms with Gasteiger partial charge in [-0.3, -0.25) is 0 Å². The lowest BCUT2D eigenvalue weighted by Crippen LogP contribution is -2.65. The van der Waals surface area contributed by atoms with Crippen molar-refractivity contribution in [3.63, 3.8) is 0 Å². The maximum atomic E-state index is 7.54. The van der Waals surface area contributed by atoms with E-state index in [0.717, 1.165) is 128 Å². The standard InChI is InChI=1S/C65H126O17/c1-13-23-34-66-45-46-67-44-33-52(47-77-63-61(75-42-31-21-9)58(72-39-28-18-6)56(51(12)78-63)70-37-26-16-4)79-64-60(74-41-30-20-8)55(50(11)53(80-64)48-68-35-24-14-2)82-65-62(76-43-32-22-10)59(73-40-29-19-7)57(71-38-27-17-5)54(81-65)49-69-36-25-15-3/h50-65H,13-49H2,1-12H3. The van der Waals surface area contributed by atoms with Gasteiger partial charge < -0.3 is 80.5 Å². The summed E-state index contributed by atoms with van der Waals surface area (Å²) in [5, 5.41) is 0. The first kappa shape index (κ1) is 75.6. The van der Waals surface area contributed by atoms with Crippen molar-refractivity contribution >= 4 is 0 Å². The third-order valence-corrected chi connectivity index (χ3v) is 15.5. The number of rotatable bonds is 54. The molecule has 0 radical (unpaired) electrons. The van der Waals surface area contributed by atoms with E-state index in [0.29, 0.717) is 106 Å². The minimum Gasteiger partial charge on any atom is -0.379 e. The first-order chi connectivity index (χ1) is 40.2. The Hall–Kier alpha value is -0.680. The zero-order chi connectivity index (χ0) is 59.4. The molecule has 3 saturated heterocycles. The molecule has 3 aliphatic heterocycles. The zero-order valence-electron chi connectivity index (χ0n) is 54.3. The summed E-state index contributed by atoms with van der Waals surface area (Å²) in [5.41, 5.74) is 0. The Morgan fingerprint density at radius 1 is 0.305 bits per heavy atom. The van der Waals surface area contributed by atoms with Gasteiger partial charge in [-0.25, -0.2) is 0 Å². The molecule has 3 aliphatic rings. The molecule has 17 heteroatoms. The average Bonchev–Trinajstić information content (AvgIpc) is 2.89. The molecule has 0 aromatic heterocycles. The Bertz CT molecular complexity index is 1420. The fourth-order valence-electron chi connectivity index (χ4n) is 10.1. The van der Waals surface area contributed by atoms with Crippen LogP contribution in [-0.4, -0.2) is 198 Å². The highest BCUT2D eigenvalue weighted by atomic mass is 16.8. The van der Waals surface area contributed by atoms with Crippen molar-refractivity contribution < 1.29 is 80.5 Å². The quantitative estimate of drug-likeness (QED) is 0.0529. The van der Waals surface area contributed by atoms with Crippen LogP contribution in [0.4, 0.5) is 0 Å². The normalized spacial score (nSPS) is 29.2. The van der Waals surface area contributed by atoms with E-state index in [2.05, 4.69) is 76.2 Å². The van der Waals surface area contributed by atoms with Gasteiger partial charge in [0.15, 0.2) is 18.9 Å². The lowest BCUT2D eigenvalue weighted by molar-refractivity contribution is -0.372. The fraction of sp³-hybridized carbons (Fsp3) is 1.00. The average molecular weight is 1180 g/mol. The van der Waals surface area contributed by atoms with Crippen LogP contribution in [0.25, 0.3) is 0 Å². The second-order valence-electron chi connectivity index (χ2n) is 22.9. The summed E-state index contributed by atoms with van der Waals surface area (Å²) in [7, 11) is 0. The molecule has 0 amide bonds. The molecule has 17 nitrogen and oxygen atoms in total. The Morgan fingerprint density at radius 2 is 0.671 bits per heavy atom. The molecule has 488 valence electrons. The molecule has 0 aromatic carbocycles. The molecule has 3 heterocycles. The van der Waals surface area contributed by atoms with E-state index < -0.39 is 79.9 Å². The summed E-state index contributed by atoms with van der Waals surface area (Å²) in [6.45, 7) is 33.8. The Morgan fingerprint density at radius 3 is 1.16 bits per heavy atom. The van der Waals surface area contributed by atoms with Crippen molar-refractivity contribution in [3.8, 4) is 0 Å². The molecule has 0 aromatic rings. The molecule has 82 heavy (non-hydrogen) atoms. The van der Waals surface area contributed by atoms with Gasteiger partial charge in [-0.05, 0) is 77.6 Å². The molecule has 0 aliphatic carbocycles. The SMILES string of the molecule is CCCCOCCOCCC(COC1OC(C)C(OCCCC)C(OCCCC)C1OCCCC)OC1OC(COCCCC)C(C)C(OC2OC(COCCCC)C(OCCCC)C(OCCCC)C2OCCCC)C1OCCCC. The molecule has 0 N–H and O–H groups in total. The summed E-state index contributed by atoms with van der Waals surface area (Å²) in [5.74, 6) is -0.230. The van der Waals surface area contributed by atoms with Crippen LogP contribution in [0.15, 0.2) is 0 Å². The Balaban J connectivity index is 2.16. The van der Waals surface area contributed by atoms with E-state index >= 15 is 0 Å². The number of unbranched alkanes of at least 4 members (excludes halogenated alkanes) is 10. The Labute approximate surface area is 500 Å². The van der Waals surface area contributed by atoms with Crippen LogP contribution < -0.4 is 0 Å². The minimum atomic E-state index is -0.911. The van der Waals surface area contributed by atoms with Gasteiger partial charge in [-0.1, -0.05) is 140 Å². The highest BCUT2D eigenvalue weighted by molar-refractivity contribution is 4.97. The van der Waals surface area contributed by atoms with Gasteiger partial charge in [-0.2, -0.15) is 0 Å². The van der Waals surface area contributed by atoms with Crippen LogP contribution in [0.3, 0.4) is 0 Å². The number of ether oxygens (including phenoxy) is 17. The number of hydrogen-bond acceptors (Lipinski definition) is 17. The smallest absolute Gasteiger partial charge is 0.187 e. The van der Waals surface area contributed by atoms with Crippen LogP contribution in [-0.2, 0) is 80.5 Å². The Kier molecular flexibility index (Phi) is 45.4. The zero-order valence-corrected chi connectivity index (χ0v) is 54.3. The summed E-state index contributed by atoms with van der Waals surface area (Å²) < 4.78 is 116. The highest BCUT2D eigenvalue weighted by Gasteiger charge is 2.54. The predicted molar refractivity (Wildman–Crippen MR) is 322 cm³/mol. The van der Waals surface area contributed by atoms with Crippen molar-refractivity contribution in [2.24, 2.45) is 5.92 Å². The monoisotopic (exact) mass is 1180 g/mol. The van der Waals surface area contributed by atoms with E-state index in [1.807, 2.05) is 6.92 Å². The molecule has 0 saturated carbocycles. The van der Waals surface area contributed by atoms with Gasteiger partial charge in [-0.15, -0.1) is 0 Å². The summed E-state index contributed by atoms with van der Waals surface area (Å²) in [6, 6.07) is 0. The van der Waals surface area contributed by atoms with Crippen LogP contribution in [0, 0.1) is 5.92 Å². The van der Waals surface area contributed by atoms with Gasteiger partial charge in [0.05, 0.1) is 57.5 Å². The largest absolute Gasteiger partial charge is 0.379 e. The topological polar surface area (TPSA) is 157 Å². The van der Waals surface area contributed by atoms with Crippen LogP contribution in [0.2, 0.25) is 0 Å². The fourth-order valence-corrected chi connectivity index (χ4v) is 10.1. The third kappa shape index (κ3) is 29.1. The second-order valence-corrected chi connectivity index (χ2v) is 22.9. The summed E-state index contributed by atoms with van der Waals surface area (Å²) in [4.78, 5) is 0. The van der Waals surface area contributed by atoms with E-state index in [1.165, 1.54) is 0 Å². The summed E-state index contributed by atoms with van der Waals surface area (Å²) >= 11 is 0. The van der Waals surface area contributed by atoms with Crippen molar-refractivity contribution in [1.29, 1.82) is 0 Å². The third-order valence-electron chi connectivity index (χ3n) is 15.5. The first-order valence-corrected chi connectivity index (χ1v) is 33.7. The van der Waals surface area contributed by atoms with Crippen molar-refractivity contribution in [3.05, 3.63) is 0 Å². The van der Waals surface area contributed by atoms with Crippen LogP contribution in [0.5, 0.6) is 0 Å². The predicted octanol–water partition coefficient (Wildman–Crippen LogP) is 12.8. The lowest BCUT2D eigenvalue weighted by Gasteiger charge is -2.50. The first-order valence-electron chi connectivity index (χ1n) is 33.7. The highest BCUT2D eigenvalue weighted by Crippen LogP contribution is 2.38. The molecular weight excluding hydrogens is 1050 g/mol.